The van der Waals surface area contributed by atoms with Gasteiger partial charge in [0.25, 0.3) is 5.92 Å². The number of halogens is 4. The number of hydrogen-bond acceptors (Lipinski definition) is 1. The molecule has 0 aliphatic heterocycles. The summed E-state index contributed by atoms with van der Waals surface area (Å²) in [5.41, 5.74) is -0.581. The van der Waals surface area contributed by atoms with Gasteiger partial charge < -0.3 is 4.74 Å². The van der Waals surface area contributed by atoms with Gasteiger partial charge in [0.15, 0.2) is 11.6 Å². The predicted octanol–water partition coefficient (Wildman–Crippen LogP) is 4.68. The van der Waals surface area contributed by atoms with Crippen molar-refractivity contribution in [3.8, 4) is 0 Å². The molecule has 0 fully saturated rings. The van der Waals surface area contributed by atoms with E-state index >= 15 is 0 Å². The molecule has 0 heterocycles. The fraction of sp³-hybridized carbons (Fsp3) is 0.625. The molecular formula is C16H20F4O. The number of ether oxygens (including phenoxy) is 1. The molecule has 2 rings (SSSR count). The SMILES string of the molecule is CCC(C)OCC(C)C1Cc2ccc(F)c(F)c2C1(F)F. The van der Waals surface area contributed by atoms with Crippen LogP contribution in [0.3, 0.4) is 0 Å². The van der Waals surface area contributed by atoms with Gasteiger partial charge in [0.1, 0.15) is 0 Å². The monoisotopic (exact) mass is 304 g/mol. The first-order chi connectivity index (χ1) is 9.78. The summed E-state index contributed by atoms with van der Waals surface area (Å²) in [6, 6.07) is 2.16. The van der Waals surface area contributed by atoms with Crippen molar-refractivity contribution >= 4 is 0 Å². The highest BCUT2D eigenvalue weighted by molar-refractivity contribution is 5.39. The maximum atomic E-state index is 14.4. The van der Waals surface area contributed by atoms with Gasteiger partial charge >= 0.3 is 0 Å². The third kappa shape index (κ3) is 2.93. The lowest BCUT2D eigenvalue weighted by atomic mass is 9.89. The van der Waals surface area contributed by atoms with Crippen LogP contribution in [-0.2, 0) is 17.1 Å². The summed E-state index contributed by atoms with van der Waals surface area (Å²) in [4.78, 5) is 0. The molecule has 1 aromatic carbocycles. The second-order valence-corrected chi connectivity index (χ2v) is 5.86. The van der Waals surface area contributed by atoms with E-state index in [0.29, 0.717) is 0 Å². The number of hydrogen-bond donors (Lipinski definition) is 0. The minimum Gasteiger partial charge on any atom is -0.378 e. The lowest BCUT2D eigenvalue weighted by Gasteiger charge is -2.27. The molecule has 1 nitrogen and oxygen atoms in total. The molecule has 5 heteroatoms. The zero-order valence-electron chi connectivity index (χ0n) is 12.4. The van der Waals surface area contributed by atoms with Crippen molar-refractivity contribution in [2.75, 3.05) is 6.61 Å². The van der Waals surface area contributed by atoms with E-state index in [1.165, 1.54) is 6.07 Å². The lowest BCUT2D eigenvalue weighted by Crippen LogP contribution is -2.31. The summed E-state index contributed by atoms with van der Waals surface area (Å²) < 4.78 is 61.3. The third-order valence-corrected chi connectivity index (χ3v) is 4.33. The summed E-state index contributed by atoms with van der Waals surface area (Å²) in [5, 5.41) is 0. The number of alkyl halides is 2. The van der Waals surface area contributed by atoms with Gasteiger partial charge in [-0.2, -0.15) is 0 Å². The Bertz CT molecular complexity index is 515. The molecule has 0 aromatic heterocycles. The molecule has 0 amide bonds. The van der Waals surface area contributed by atoms with Crippen molar-refractivity contribution in [1.82, 2.24) is 0 Å². The highest BCUT2D eigenvalue weighted by atomic mass is 19.3. The summed E-state index contributed by atoms with van der Waals surface area (Å²) >= 11 is 0. The molecule has 1 aromatic rings. The van der Waals surface area contributed by atoms with Crippen LogP contribution in [0, 0.1) is 23.5 Å². The van der Waals surface area contributed by atoms with Crippen molar-refractivity contribution in [2.24, 2.45) is 11.8 Å². The molecule has 21 heavy (non-hydrogen) atoms. The predicted molar refractivity (Wildman–Crippen MR) is 72.3 cm³/mol. The van der Waals surface area contributed by atoms with Gasteiger partial charge in [-0.25, -0.2) is 17.6 Å². The third-order valence-electron chi connectivity index (χ3n) is 4.33. The molecule has 0 radical (unpaired) electrons. The molecule has 118 valence electrons. The number of benzene rings is 1. The van der Waals surface area contributed by atoms with E-state index in [1.54, 1.807) is 6.92 Å². The molecule has 3 unspecified atom stereocenters. The smallest absolute Gasteiger partial charge is 0.279 e. The molecule has 0 N–H and O–H groups in total. The van der Waals surface area contributed by atoms with E-state index in [0.717, 1.165) is 12.5 Å². The molecule has 0 saturated carbocycles. The van der Waals surface area contributed by atoms with Gasteiger partial charge in [-0.3, -0.25) is 0 Å². The van der Waals surface area contributed by atoms with Gasteiger partial charge in [-0.15, -0.1) is 0 Å². The van der Waals surface area contributed by atoms with E-state index in [9.17, 15) is 17.6 Å². The van der Waals surface area contributed by atoms with Crippen molar-refractivity contribution in [3.63, 3.8) is 0 Å². The summed E-state index contributed by atoms with van der Waals surface area (Å²) in [5.74, 6) is -7.51. The van der Waals surface area contributed by atoms with Crippen LogP contribution in [-0.4, -0.2) is 12.7 Å². The zero-order chi connectivity index (χ0) is 15.8. The van der Waals surface area contributed by atoms with Crippen LogP contribution in [0.15, 0.2) is 12.1 Å². The normalized spacial score (nSPS) is 22.9. The Morgan fingerprint density at radius 2 is 1.95 bits per heavy atom. The molecule has 0 bridgehead atoms. The Hall–Kier alpha value is -1.10. The number of rotatable bonds is 5. The van der Waals surface area contributed by atoms with E-state index in [-0.39, 0.29) is 24.7 Å². The highest BCUT2D eigenvalue weighted by Crippen LogP contribution is 2.50. The van der Waals surface area contributed by atoms with Crippen LogP contribution < -0.4 is 0 Å². The van der Waals surface area contributed by atoms with Gasteiger partial charge in [0.05, 0.1) is 11.7 Å². The van der Waals surface area contributed by atoms with Crippen LogP contribution in [0.2, 0.25) is 0 Å². The average Bonchev–Trinajstić information content (AvgIpc) is 2.71. The standard InChI is InChI=1S/C16H20F4O/c1-4-10(3)21-8-9(2)12-7-11-5-6-13(17)15(18)14(11)16(12,19)20/h5-6,9-10,12H,4,7-8H2,1-3H3. The number of fused-ring (bicyclic) bond motifs is 1. The minimum absolute atomic E-state index is 0.000897. The largest absolute Gasteiger partial charge is 0.378 e. The van der Waals surface area contributed by atoms with Crippen molar-refractivity contribution < 1.29 is 22.3 Å². The second-order valence-electron chi connectivity index (χ2n) is 5.86. The first-order valence-electron chi connectivity index (χ1n) is 7.25. The Morgan fingerprint density at radius 3 is 2.57 bits per heavy atom. The lowest BCUT2D eigenvalue weighted by molar-refractivity contribution is -0.0916. The van der Waals surface area contributed by atoms with Gasteiger partial charge in [-0.05, 0) is 37.3 Å². The molecule has 1 aliphatic carbocycles. The fourth-order valence-electron chi connectivity index (χ4n) is 2.78. The maximum Gasteiger partial charge on any atom is 0.279 e. The average molecular weight is 304 g/mol. The van der Waals surface area contributed by atoms with E-state index in [4.69, 9.17) is 4.74 Å². The van der Waals surface area contributed by atoms with E-state index < -0.39 is 35.0 Å². The maximum absolute atomic E-state index is 14.4. The summed E-state index contributed by atoms with van der Waals surface area (Å²) in [6.07, 6.45) is 0.845. The van der Waals surface area contributed by atoms with Crippen LogP contribution in [0.4, 0.5) is 17.6 Å². The van der Waals surface area contributed by atoms with Crippen LogP contribution >= 0.6 is 0 Å². The molecular weight excluding hydrogens is 284 g/mol. The summed E-state index contributed by atoms with van der Waals surface area (Å²) in [6.45, 7) is 5.69. The molecule has 1 aliphatic rings. The van der Waals surface area contributed by atoms with Gasteiger partial charge in [0, 0.05) is 12.5 Å². The Morgan fingerprint density at radius 1 is 1.29 bits per heavy atom. The molecule has 0 spiro atoms. The van der Waals surface area contributed by atoms with E-state index in [2.05, 4.69) is 0 Å². The molecule has 3 atom stereocenters. The van der Waals surface area contributed by atoms with Crippen molar-refractivity contribution in [3.05, 3.63) is 34.9 Å². The minimum atomic E-state index is -3.36. The fourth-order valence-corrected chi connectivity index (χ4v) is 2.78. The Labute approximate surface area is 122 Å². The topological polar surface area (TPSA) is 9.23 Å². The first kappa shape index (κ1) is 16.3. The van der Waals surface area contributed by atoms with Gasteiger partial charge in [-0.1, -0.05) is 19.9 Å². The van der Waals surface area contributed by atoms with Crippen molar-refractivity contribution in [2.45, 2.75) is 45.6 Å². The van der Waals surface area contributed by atoms with Gasteiger partial charge in [0.2, 0.25) is 0 Å². The quantitative estimate of drug-likeness (QED) is 0.718. The Kier molecular flexibility index (Phi) is 4.61. The zero-order valence-corrected chi connectivity index (χ0v) is 12.4. The molecule has 0 saturated heterocycles. The highest BCUT2D eigenvalue weighted by Gasteiger charge is 2.52. The van der Waals surface area contributed by atoms with Crippen LogP contribution in [0.1, 0.15) is 38.3 Å². The van der Waals surface area contributed by atoms with Crippen molar-refractivity contribution in [1.29, 1.82) is 0 Å². The Balaban J connectivity index is 2.20. The van der Waals surface area contributed by atoms with Crippen LogP contribution in [0.5, 0.6) is 0 Å². The summed E-state index contributed by atoms with van der Waals surface area (Å²) in [7, 11) is 0. The first-order valence-corrected chi connectivity index (χ1v) is 7.25. The van der Waals surface area contributed by atoms with E-state index in [1.807, 2.05) is 13.8 Å². The van der Waals surface area contributed by atoms with Crippen LogP contribution in [0.25, 0.3) is 0 Å². The second kappa shape index (κ2) is 5.95.